The molecule has 1 atom stereocenters. The molecule has 406 valence electrons. The van der Waals surface area contributed by atoms with Gasteiger partial charge < -0.3 is 14.2 Å². The summed E-state index contributed by atoms with van der Waals surface area (Å²) < 4.78 is 16.8. The zero-order valence-electron chi connectivity index (χ0n) is 46.6. The number of ether oxygens (including phenoxy) is 3. The molecule has 6 nitrogen and oxygen atoms in total. The highest BCUT2D eigenvalue weighted by Crippen LogP contribution is 2.18. The first-order chi connectivity index (χ1) is 34.0. The summed E-state index contributed by atoms with van der Waals surface area (Å²) in [6, 6.07) is 0. The lowest BCUT2D eigenvalue weighted by atomic mass is 10.0. The van der Waals surface area contributed by atoms with Crippen LogP contribution in [0.3, 0.4) is 0 Å². The standard InChI is InChI=1S/C63H118O6/c1-4-7-10-13-16-18-20-22-24-25-26-27-28-29-30-31-32-33-34-35-36-37-39-40-42-44-47-50-53-56-62(65)68-59-60(58-67-61(64)55-52-49-46-15-12-9-6-3)69-63(66)57-54-51-48-45-43-41-38-23-21-19-17-14-11-8-5-2/h17,19,23,38,60H,4-16,18,20-22,24-37,39-59H2,1-3H3/b19-17-,38-23-. The number of rotatable bonds is 57. The van der Waals surface area contributed by atoms with E-state index in [0.717, 1.165) is 77.0 Å². The van der Waals surface area contributed by atoms with Gasteiger partial charge in [-0.2, -0.15) is 0 Å². The van der Waals surface area contributed by atoms with Crippen molar-refractivity contribution >= 4 is 17.9 Å². The van der Waals surface area contributed by atoms with Crippen LogP contribution in [0.5, 0.6) is 0 Å². The average molecular weight is 972 g/mol. The molecule has 0 aliphatic heterocycles. The van der Waals surface area contributed by atoms with Gasteiger partial charge in [-0.05, 0) is 51.4 Å². The molecule has 0 aliphatic rings. The lowest BCUT2D eigenvalue weighted by Crippen LogP contribution is -2.30. The number of esters is 3. The van der Waals surface area contributed by atoms with Crippen molar-refractivity contribution in [1.29, 1.82) is 0 Å². The molecule has 0 aliphatic carbocycles. The van der Waals surface area contributed by atoms with E-state index in [1.807, 2.05) is 0 Å². The Morgan fingerprint density at radius 2 is 0.522 bits per heavy atom. The highest BCUT2D eigenvalue weighted by atomic mass is 16.6. The van der Waals surface area contributed by atoms with E-state index >= 15 is 0 Å². The molecular weight excluding hydrogens is 853 g/mol. The van der Waals surface area contributed by atoms with Gasteiger partial charge in [-0.1, -0.05) is 295 Å². The Hall–Kier alpha value is -2.11. The third-order valence-corrected chi connectivity index (χ3v) is 14.0. The maximum Gasteiger partial charge on any atom is 0.306 e. The number of hydrogen-bond donors (Lipinski definition) is 0. The molecule has 0 saturated carbocycles. The first-order valence-corrected chi connectivity index (χ1v) is 30.8. The van der Waals surface area contributed by atoms with Crippen molar-refractivity contribution in [2.24, 2.45) is 0 Å². The van der Waals surface area contributed by atoms with Gasteiger partial charge in [0.15, 0.2) is 6.10 Å². The predicted molar refractivity (Wildman–Crippen MR) is 298 cm³/mol. The van der Waals surface area contributed by atoms with E-state index in [4.69, 9.17) is 14.2 Å². The molecule has 0 N–H and O–H groups in total. The molecule has 0 saturated heterocycles. The van der Waals surface area contributed by atoms with Crippen LogP contribution in [0.2, 0.25) is 0 Å². The van der Waals surface area contributed by atoms with Gasteiger partial charge in [-0.3, -0.25) is 14.4 Å². The van der Waals surface area contributed by atoms with Gasteiger partial charge in [-0.25, -0.2) is 0 Å². The molecule has 0 aromatic carbocycles. The summed E-state index contributed by atoms with van der Waals surface area (Å²) in [5.74, 6) is -0.874. The molecule has 0 radical (unpaired) electrons. The molecule has 0 spiro atoms. The van der Waals surface area contributed by atoms with Crippen molar-refractivity contribution in [3.8, 4) is 0 Å². The van der Waals surface area contributed by atoms with Crippen molar-refractivity contribution in [2.45, 2.75) is 348 Å². The van der Waals surface area contributed by atoms with Crippen LogP contribution in [0.4, 0.5) is 0 Å². The van der Waals surface area contributed by atoms with Crippen molar-refractivity contribution in [1.82, 2.24) is 0 Å². The normalized spacial score (nSPS) is 12.1. The minimum atomic E-state index is -0.772. The highest BCUT2D eigenvalue weighted by molar-refractivity contribution is 5.71. The third kappa shape index (κ3) is 56.7. The summed E-state index contributed by atoms with van der Waals surface area (Å²) >= 11 is 0. The molecule has 69 heavy (non-hydrogen) atoms. The fraction of sp³-hybridized carbons (Fsp3) is 0.889. The Morgan fingerprint density at radius 1 is 0.290 bits per heavy atom. The fourth-order valence-electron chi connectivity index (χ4n) is 9.30. The van der Waals surface area contributed by atoms with E-state index in [-0.39, 0.29) is 31.1 Å². The fourth-order valence-corrected chi connectivity index (χ4v) is 9.30. The lowest BCUT2D eigenvalue weighted by Gasteiger charge is -2.18. The number of unbranched alkanes of at least 4 members (excludes halogenated alkanes) is 42. The van der Waals surface area contributed by atoms with E-state index in [2.05, 4.69) is 45.1 Å². The molecule has 0 rings (SSSR count). The minimum absolute atomic E-state index is 0.0724. The Labute approximate surface area is 430 Å². The van der Waals surface area contributed by atoms with Gasteiger partial charge in [-0.15, -0.1) is 0 Å². The number of allylic oxidation sites excluding steroid dienone is 4. The maximum atomic E-state index is 12.8. The second kappa shape index (κ2) is 58.5. The van der Waals surface area contributed by atoms with Crippen molar-refractivity contribution in [3.63, 3.8) is 0 Å². The molecule has 0 fully saturated rings. The highest BCUT2D eigenvalue weighted by Gasteiger charge is 2.19. The van der Waals surface area contributed by atoms with Gasteiger partial charge in [0, 0.05) is 19.3 Å². The van der Waals surface area contributed by atoms with Crippen LogP contribution in [-0.2, 0) is 28.6 Å². The first kappa shape index (κ1) is 66.9. The maximum absolute atomic E-state index is 12.8. The van der Waals surface area contributed by atoms with Gasteiger partial charge in [0.25, 0.3) is 0 Å². The number of carbonyl (C=O) groups excluding carboxylic acids is 3. The second-order valence-electron chi connectivity index (χ2n) is 21.0. The Morgan fingerprint density at radius 3 is 0.826 bits per heavy atom. The van der Waals surface area contributed by atoms with Gasteiger partial charge in [0.1, 0.15) is 13.2 Å². The third-order valence-electron chi connectivity index (χ3n) is 14.0. The summed E-state index contributed by atoms with van der Waals surface area (Å²) in [7, 11) is 0. The Kier molecular flexibility index (Phi) is 56.7. The quantitative estimate of drug-likeness (QED) is 0.0261. The monoisotopic (exact) mass is 971 g/mol. The van der Waals surface area contributed by atoms with E-state index < -0.39 is 6.10 Å². The van der Waals surface area contributed by atoms with E-state index in [1.54, 1.807) is 0 Å². The molecule has 0 aromatic rings. The molecule has 0 heterocycles. The van der Waals surface area contributed by atoms with Crippen LogP contribution < -0.4 is 0 Å². The Balaban J connectivity index is 4.00. The van der Waals surface area contributed by atoms with Crippen LogP contribution in [0.25, 0.3) is 0 Å². The zero-order valence-corrected chi connectivity index (χ0v) is 46.6. The van der Waals surface area contributed by atoms with Gasteiger partial charge in [0.05, 0.1) is 0 Å². The summed E-state index contributed by atoms with van der Waals surface area (Å²) in [6.07, 6.45) is 69.4. The molecule has 0 amide bonds. The predicted octanol–water partition coefficient (Wildman–Crippen LogP) is 20.7. The first-order valence-electron chi connectivity index (χ1n) is 30.8. The summed E-state index contributed by atoms with van der Waals surface area (Å²) in [5, 5.41) is 0. The van der Waals surface area contributed by atoms with Crippen molar-refractivity contribution in [3.05, 3.63) is 24.3 Å². The minimum Gasteiger partial charge on any atom is -0.462 e. The lowest BCUT2D eigenvalue weighted by molar-refractivity contribution is -0.167. The van der Waals surface area contributed by atoms with Gasteiger partial charge in [0.2, 0.25) is 0 Å². The average Bonchev–Trinajstić information content (AvgIpc) is 3.35. The van der Waals surface area contributed by atoms with Crippen LogP contribution in [-0.4, -0.2) is 37.2 Å². The Bertz CT molecular complexity index is 1110. The topological polar surface area (TPSA) is 78.9 Å². The van der Waals surface area contributed by atoms with Crippen LogP contribution in [0.1, 0.15) is 342 Å². The zero-order chi connectivity index (χ0) is 50.0. The van der Waals surface area contributed by atoms with E-state index in [1.165, 1.54) is 225 Å². The SMILES string of the molecule is CCCCC/C=C\C/C=C\CCCCCCCC(=O)OC(COC(=O)CCCCCCCCC)COC(=O)CCCCCCCCCCCCCCCCCCCCCCCCCCCCCCC. The largest absolute Gasteiger partial charge is 0.462 e. The number of carbonyl (C=O) groups is 3. The molecule has 1 unspecified atom stereocenters. The molecule has 0 aromatic heterocycles. The molecular formula is C63H118O6. The van der Waals surface area contributed by atoms with Crippen molar-refractivity contribution in [2.75, 3.05) is 13.2 Å². The van der Waals surface area contributed by atoms with Crippen LogP contribution >= 0.6 is 0 Å². The van der Waals surface area contributed by atoms with Crippen LogP contribution in [0.15, 0.2) is 24.3 Å². The summed E-state index contributed by atoms with van der Waals surface area (Å²) in [5.41, 5.74) is 0. The second-order valence-corrected chi connectivity index (χ2v) is 21.0. The van der Waals surface area contributed by atoms with E-state index in [9.17, 15) is 14.4 Å². The molecule has 6 heteroatoms. The van der Waals surface area contributed by atoms with Crippen LogP contribution in [0, 0.1) is 0 Å². The molecule has 0 bridgehead atoms. The van der Waals surface area contributed by atoms with Gasteiger partial charge >= 0.3 is 17.9 Å². The number of hydrogen-bond acceptors (Lipinski definition) is 6. The summed E-state index contributed by atoms with van der Waals surface area (Å²) in [4.78, 5) is 37.9. The van der Waals surface area contributed by atoms with E-state index in [0.29, 0.717) is 19.3 Å². The smallest absolute Gasteiger partial charge is 0.306 e. The summed E-state index contributed by atoms with van der Waals surface area (Å²) in [6.45, 7) is 6.61. The van der Waals surface area contributed by atoms with Crippen molar-refractivity contribution < 1.29 is 28.6 Å².